The van der Waals surface area contributed by atoms with Crippen LogP contribution in [0.25, 0.3) is 0 Å². The molecule has 0 aromatic heterocycles. The second-order valence-corrected chi connectivity index (χ2v) is 6.29. The molecule has 2 rings (SSSR count). The van der Waals surface area contributed by atoms with Crippen molar-refractivity contribution in [1.29, 1.82) is 0 Å². The number of anilines is 1. The van der Waals surface area contributed by atoms with Gasteiger partial charge in [0.2, 0.25) is 0 Å². The summed E-state index contributed by atoms with van der Waals surface area (Å²) in [6, 6.07) is 6.25. The molecule has 1 aromatic carbocycles. The molecule has 0 amide bonds. The van der Waals surface area contributed by atoms with E-state index in [1.54, 1.807) is 0 Å². The number of rotatable bonds is 3. The second kappa shape index (κ2) is 5.70. The highest BCUT2D eigenvalue weighted by Crippen LogP contribution is 2.29. The minimum absolute atomic E-state index is 0.125. The molecule has 1 aliphatic heterocycles. The summed E-state index contributed by atoms with van der Waals surface area (Å²) in [5, 5.41) is 0.805. The predicted molar refractivity (Wildman–Crippen MR) is 81.0 cm³/mol. The van der Waals surface area contributed by atoms with Crippen molar-refractivity contribution in [2.45, 2.75) is 38.9 Å². The predicted octanol–water partition coefficient (Wildman–Crippen LogP) is 2.84. The Bertz CT molecular complexity index is 448. The Labute approximate surface area is 120 Å². The van der Waals surface area contributed by atoms with Gasteiger partial charge >= 0.3 is 0 Å². The molecule has 3 nitrogen and oxygen atoms in total. The van der Waals surface area contributed by atoms with Crippen LogP contribution in [-0.2, 0) is 11.2 Å². The fraction of sp³-hybridized carbons (Fsp3) is 0.600. The van der Waals surface area contributed by atoms with Crippen molar-refractivity contribution in [2.75, 3.05) is 24.5 Å². The van der Waals surface area contributed by atoms with Gasteiger partial charge in [-0.05, 0) is 51.4 Å². The van der Waals surface area contributed by atoms with Gasteiger partial charge in [0.1, 0.15) is 0 Å². The van der Waals surface area contributed by atoms with Gasteiger partial charge in [-0.2, -0.15) is 0 Å². The first kappa shape index (κ1) is 14.6. The quantitative estimate of drug-likeness (QED) is 0.926. The van der Waals surface area contributed by atoms with E-state index in [0.29, 0.717) is 6.54 Å². The lowest BCUT2D eigenvalue weighted by Crippen LogP contribution is -2.52. The third kappa shape index (κ3) is 3.62. The van der Waals surface area contributed by atoms with E-state index in [9.17, 15) is 0 Å². The van der Waals surface area contributed by atoms with Crippen molar-refractivity contribution < 1.29 is 4.74 Å². The van der Waals surface area contributed by atoms with E-state index in [2.05, 4.69) is 37.8 Å². The standard InChI is InChI=1S/C15H23ClN2O/c1-11-9-18(10-15(2,3)19-11)13-5-4-12(6-7-17)14(16)8-13/h4-5,8,11H,6-7,9-10,17H2,1-3H3. The highest BCUT2D eigenvalue weighted by Gasteiger charge is 2.31. The van der Waals surface area contributed by atoms with Crippen LogP contribution in [0.15, 0.2) is 18.2 Å². The van der Waals surface area contributed by atoms with Gasteiger partial charge in [0.25, 0.3) is 0 Å². The number of hydrogen-bond donors (Lipinski definition) is 1. The SMILES string of the molecule is CC1CN(c2ccc(CCN)c(Cl)c2)CC(C)(C)O1. The zero-order valence-corrected chi connectivity index (χ0v) is 12.7. The first-order valence-corrected chi connectivity index (χ1v) is 7.20. The van der Waals surface area contributed by atoms with E-state index in [1.165, 1.54) is 0 Å². The van der Waals surface area contributed by atoms with Crippen LogP contribution in [0.1, 0.15) is 26.3 Å². The first-order chi connectivity index (χ1) is 8.91. The van der Waals surface area contributed by atoms with Crippen molar-refractivity contribution in [3.8, 4) is 0 Å². The molecule has 106 valence electrons. The zero-order chi connectivity index (χ0) is 14.0. The van der Waals surface area contributed by atoms with Crippen LogP contribution in [0.4, 0.5) is 5.69 Å². The van der Waals surface area contributed by atoms with Gasteiger partial charge in [-0.1, -0.05) is 17.7 Å². The van der Waals surface area contributed by atoms with Gasteiger partial charge in [-0.25, -0.2) is 0 Å². The van der Waals surface area contributed by atoms with Crippen molar-refractivity contribution >= 4 is 17.3 Å². The second-order valence-electron chi connectivity index (χ2n) is 5.88. The maximum atomic E-state index is 6.32. The summed E-state index contributed by atoms with van der Waals surface area (Å²) >= 11 is 6.32. The first-order valence-electron chi connectivity index (χ1n) is 6.82. The van der Waals surface area contributed by atoms with Crippen LogP contribution in [0.5, 0.6) is 0 Å². The monoisotopic (exact) mass is 282 g/mol. The smallest absolute Gasteiger partial charge is 0.0805 e. The number of ether oxygens (including phenoxy) is 1. The average Bonchev–Trinajstić information content (AvgIpc) is 2.29. The Morgan fingerprint density at radius 3 is 2.79 bits per heavy atom. The summed E-state index contributed by atoms with van der Waals surface area (Å²) in [6.07, 6.45) is 1.05. The Balaban J connectivity index is 2.19. The molecule has 0 aliphatic carbocycles. The lowest BCUT2D eigenvalue weighted by molar-refractivity contribution is -0.0749. The number of morpholine rings is 1. The fourth-order valence-electron chi connectivity index (χ4n) is 2.74. The van der Waals surface area contributed by atoms with Gasteiger partial charge in [-0.15, -0.1) is 0 Å². The van der Waals surface area contributed by atoms with Crippen LogP contribution in [0, 0.1) is 0 Å². The minimum atomic E-state index is -0.125. The molecule has 1 unspecified atom stereocenters. The van der Waals surface area contributed by atoms with Gasteiger partial charge in [0, 0.05) is 23.8 Å². The molecular weight excluding hydrogens is 260 g/mol. The highest BCUT2D eigenvalue weighted by atomic mass is 35.5. The van der Waals surface area contributed by atoms with Crippen molar-refractivity contribution in [3.63, 3.8) is 0 Å². The van der Waals surface area contributed by atoms with Gasteiger partial charge in [0.05, 0.1) is 11.7 Å². The molecular formula is C15H23ClN2O. The summed E-state index contributed by atoms with van der Waals surface area (Å²) in [5.74, 6) is 0. The summed E-state index contributed by atoms with van der Waals surface area (Å²) in [7, 11) is 0. The van der Waals surface area contributed by atoms with Gasteiger partial charge in [-0.3, -0.25) is 0 Å². The van der Waals surface area contributed by atoms with Crippen LogP contribution in [0.2, 0.25) is 5.02 Å². The molecule has 1 aromatic rings. The van der Waals surface area contributed by atoms with Gasteiger partial charge < -0.3 is 15.4 Å². The van der Waals surface area contributed by atoms with Crippen LogP contribution < -0.4 is 10.6 Å². The molecule has 19 heavy (non-hydrogen) atoms. The molecule has 2 N–H and O–H groups in total. The molecule has 0 saturated carbocycles. The lowest BCUT2D eigenvalue weighted by Gasteiger charge is -2.43. The molecule has 1 atom stereocenters. The normalized spacial score (nSPS) is 22.6. The molecule has 1 heterocycles. The summed E-state index contributed by atoms with van der Waals surface area (Å²) in [4.78, 5) is 2.34. The van der Waals surface area contributed by atoms with E-state index in [4.69, 9.17) is 22.1 Å². The van der Waals surface area contributed by atoms with Crippen LogP contribution >= 0.6 is 11.6 Å². The van der Waals surface area contributed by atoms with Crippen molar-refractivity contribution in [3.05, 3.63) is 28.8 Å². The number of benzene rings is 1. The topological polar surface area (TPSA) is 38.5 Å². The summed E-state index contributed by atoms with van der Waals surface area (Å²) in [5.41, 5.74) is 7.73. The van der Waals surface area contributed by atoms with Gasteiger partial charge in [0.15, 0.2) is 0 Å². The Kier molecular flexibility index (Phi) is 4.39. The molecule has 0 radical (unpaired) electrons. The van der Waals surface area contributed by atoms with E-state index in [-0.39, 0.29) is 11.7 Å². The largest absolute Gasteiger partial charge is 0.369 e. The fourth-order valence-corrected chi connectivity index (χ4v) is 3.01. The van der Waals surface area contributed by atoms with Crippen molar-refractivity contribution in [2.24, 2.45) is 5.73 Å². The third-order valence-electron chi connectivity index (χ3n) is 3.38. The summed E-state index contributed by atoms with van der Waals surface area (Å²) in [6.45, 7) is 8.76. The minimum Gasteiger partial charge on any atom is -0.369 e. The van der Waals surface area contributed by atoms with E-state index < -0.39 is 0 Å². The number of nitrogens with zero attached hydrogens (tertiary/aromatic N) is 1. The molecule has 1 fully saturated rings. The number of halogens is 1. The van der Waals surface area contributed by atoms with E-state index >= 15 is 0 Å². The Morgan fingerprint density at radius 2 is 2.21 bits per heavy atom. The van der Waals surface area contributed by atoms with Crippen LogP contribution in [-0.4, -0.2) is 31.3 Å². The van der Waals surface area contributed by atoms with Crippen LogP contribution in [0.3, 0.4) is 0 Å². The third-order valence-corrected chi connectivity index (χ3v) is 3.74. The molecule has 1 saturated heterocycles. The maximum absolute atomic E-state index is 6.32. The lowest BCUT2D eigenvalue weighted by atomic mass is 10.0. The van der Waals surface area contributed by atoms with E-state index in [0.717, 1.165) is 35.8 Å². The Hall–Kier alpha value is -0.770. The molecule has 0 bridgehead atoms. The zero-order valence-electron chi connectivity index (χ0n) is 11.9. The maximum Gasteiger partial charge on any atom is 0.0805 e. The number of nitrogens with two attached hydrogens (primary N) is 1. The van der Waals surface area contributed by atoms with Crippen molar-refractivity contribution in [1.82, 2.24) is 0 Å². The summed E-state index contributed by atoms with van der Waals surface area (Å²) < 4.78 is 5.93. The molecule has 0 spiro atoms. The Morgan fingerprint density at radius 1 is 1.47 bits per heavy atom. The highest BCUT2D eigenvalue weighted by molar-refractivity contribution is 6.31. The molecule has 4 heteroatoms. The molecule has 1 aliphatic rings. The average molecular weight is 283 g/mol. The number of hydrogen-bond acceptors (Lipinski definition) is 3. The van der Waals surface area contributed by atoms with E-state index in [1.807, 2.05) is 6.07 Å².